The predicted octanol–water partition coefficient (Wildman–Crippen LogP) is 3.30. The standard InChI is InChI=1S/C25H30N4O3/c1-18-16-22(19(2)29(18)24-6-4-5-11-26-24)25(30)27-17-23(28-12-14-32-15-13-28)20-7-9-21(31-3)10-8-20/h4-11,16,23H,12-15,17H2,1-3H3,(H,27,30). The molecule has 0 radical (unpaired) electrons. The Kier molecular flexibility index (Phi) is 6.87. The number of morpholine rings is 1. The lowest BCUT2D eigenvalue weighted by molar-refractivity contribution is 0.0162. The third kappa shape index (κ3) is 4.69. The van der Waals surface area contributed by atoms with Gasteiger partial charge in [0.15, 0.2) is 0 Å². The number of carbonyl (C=O) groups is 1. The van der Waals surface area contributed by atoms with Crippen molar-refractivity contribution in [2.75, 3.05) is 40.0 Å². The van der Waals surface area contributed by atoms with Gasteiger partial charge in [0, 0.05) is 37.2 Å². The summed E-state index contributed by atoms with van der Waals surface area (Å²) >= 11 is 0. The zero-order valence-electron chi connectivity index (χ0n) is 18.9. The molecule has 32 heavy (non-hydrogen) atoms. The molecule has 168 valence electrons. The van der Waals surface area contributed by atoms with Crippen LogP contribution < -0.4 is 10.1 Å². The highest BCUT2D eigenvalue weighted by molar-refractivity contribution is 5.95. The van der Waals surface area contributed by atoms with Crippen LogP contribution in [0.1, 0.15) is 33.4 Å². The Morgan fingerprint density at radius 2 is 1.91 bits per heavy atom. The number of hydrogen-bond acceptors (Lipinski definition) is 5. The van der Waals surface area contributed by atoms with E-state index in [0.717, 1.165) is 41.6 Å². The molecule has 1 aliphatic heterocycles. The average molecular weight is 435 g/mol. The third-order valence-electron chi connectivity index (χ3n) is 6.00. The van der Waals surface area contributed by atoms with Gasteiger partial charge in [-0.1, -0.05) is 18.2 Å². The molecule has 0 aliphatic carbocycles. The number of aromatic nitrogens is 2. The van der Waals surface area contributed by atoms with Crippen LogP contribution >= 0.6 is 0 Å². The van der Waals surface area contributed by atoms with Crippen LogP contribution in [0.15, 0.2) is 54.7 Å². The normalized spacial score (nSPS) is 15.3. The maximum atomic E-state index is 13.2. The van der Waals surface area contributed by atoms with Crippen LogP contribution in [0.4, 0.5) is 0 Å². The minimum absolute atomic E-state index is 0.0630. The molecule has 3 aromatic rings. The molecule has 7 heteroatoms. The summed E-state index contributed by atoms with van der Waals surface area (Å²) in [5.74, 6) is 1.55. The maximum absolute atomic E-state index is 13.2. The summed E-state index contributed by atoms with van der Waals surface area (Å²) in [4.78, 5) is 20.0. The smallest absolute Gasteiger partial charge is 0.253 e. The van der Waals surface area contributed by atoms with E-state index in [1.165, 1.54) is 0 Å². The lowest BCUT2D eigenvalue weighted by Gasteiger charge is -2.35. The van der Waals surface area contributed by atoms with Crippen LogP contribution in [0.3, 0.4) is 0 Å². The van der Waals surface area contributed by atoms with Gasteiger partial charge in [-0.2, -0.15) is 0 Å². The molecule has 1 atom stereocenters. The molecular weight excluding hydrogens is 404 g/mol. The number of amides is 1. The molecule has 3 heterocycles. The number of aryl methyl sites for hydroxylation is 1. The summed E-state index contributed by atoms with van der Waals surface area (Å²) in [5, 5.41) is 3.17. The fourth-order valence-electron chi connectivity index (χ4n) is 4.29. The van der Waals surface area contributed by atoms with Crippen molar-refractivity contribution < 1.29 is 14.3 Å². The van der Waals surface area contributed by atoms with Gasteiger partial charge in [-0.3, -0.25) is 9.69 Å². The van der Waals surface area contributed by atoms with Crippen LogP contribution in [0.2, 0.25) is 0 Å². The van der Waals surface area contributed by atoms with E-state index in [-0.39, 0.29) is 11.9 Å². The minimum atomic E-state index is -0.0768. The Balaban J connectivity index is 1.53. The Labute approximate surface area is 189 Å². The summed E-state index contributed by atoms with van der Waals surface area (Å²) in [7, 11) is 1.66. The first-order valence-electron chi connectivity index (χ1n) is 10.9. The molecule has 1 amide bonds. The number of methoxy groups -OCH3 is 1. The summed E-state index contributed by atoms with van der Waals surface area (Å²) in [5.41, 5.74) is 3.67. The van der Waals surface area contributed by atoms with Gasteiger partial charge in [-0.05, 0) is 49.7 Å². The van der Waals surface area contributed by atoms with E-state index < -0.39 is 0 Å². The van der Waals surface area contributed by atoms with Gasteiger partial charge in [-0.25, -0.2) is 4.98 Å². The summed E-state index contributed by atoms with van der Waals surface area (Å²) < 4.78 is 12.8. The van der Waals surface area contributed by atoms with Crippen molar-refractivity contribution in [1.29, 1.82) is 0 Å². The van der Waals surface area contributed by atoms with E-state index in [1.54, 1.807) is 13.3 Å². The number of carbonyl (C=O) groups excluding carboxylic acids is 1. The Bertz CT molecular complexity index is 1040. The molecule has 0 saturated carbocycles. The summed E-state index contributed by atoms with van der Waals surface area (Å²) in [6.07, 6.45) is 1.76. The number of nitrogens with one attached hydrogen (secondary N) is 1. The Hall–Kier alpha value is -3.16. The topological polar surface area (TPSA) is 68.6 Å². The van der Waals surface area contributed by atoms with Gasteiger partial charge in [-0.15, -0.1) is 0 Å². The zero-order valence-corrected chi connectivity index (χ0v) is 18.9. The first-order chi connectivity index (χ1) is 15.6. The van der Waals surface area contributed by atoms with Crippen molar-refractivity contribution in [3.05, 3.63) is 77.2 Å². The number of pyridine rings is 1. The van der Waals surface area contributed by atoms with Gasteiger partial charge >= 0.3 is 0 Å². The van der Waals surface area contributed by atoms with Crippen LogP contribution in [0, 0.1) is 13.8 Å². The van der Waals surface area contributed by atoms with E-state index in [2.05, 4.69) is 27.3 Å². The summed E-state index contributed by atoms with van der Waals surface area (Å²) in [6, 6.07) is 15.8. The van der Waals surface area contributed by atoms with Crippen molar-refractivity contribution in [2.24, 2.45) is 0 Å². The first-order valence-corrected chi connectivity index (χ1v) is 10.9. The van der Waals surface area contributed by atoms with Gasteiger partial charge in [0.25, 0.3) is 5.91 Å². The van der Waals surface area contributed by atoms with Crippen LogP contribution in [-0.2, 0) is 4.74 Å². The molecule has 1 N–H and O–H groups in total. The molecule has 1 unspecified atom stereocenters. The van der Waals surface area contributed by atoms with E-state index in [9.17, 15) is 4.79 Å². The number of nitrogens with zero attached hydrogens (tertiary/aromatic N) is 3. The highest BCUT2D eigenvalue weighted by Gasteiger charge is 2.24. The third-order valence-corrected chi connectivity index (χ3v) is 6.00. The van der Waals surface area contributed by atoms with Crippen LogP contribution in [-0.4, -0.2) is 60.3 Å². The molecule has 0 bridgehead atoms. The number of rotatable bonds is 7. The van der Waals surface area contributed by atoms with Crippen LogP contribution in [0.5, 0.6) is 5.75 Å². The van der Waals surface area contributed by atoms with E-state index in [0.29, 0.717) is 25.3 Å². The SMILES string of the molecule is COc1ccc(C(CNC(=O)c2cc(C)n(-c3ccccn3)c2C)N2CCOCC2)cc1. The highest BCUT2D eigenvalue weighted by atomic mass is 16.5. The highest BCUT2D eigenvalue weighted by Crippen LogP contribution is 2.24. The van der Waals surface area contributed by atoms with Gasteiger partial charge in [0.05, 0.1) is 31.9 Å². The predicted molar refractivity (Wildman–Crippen MR) is 123 cm³/mol. The average Bonchev–Trinajstić information content (AvgIpc) is 3.14. The summed E-state index contributed by atoms with van der Waals surface area (Å²) in [6.45, 7) is 7.53. The molecule has 1 aromatic carbocycles. The van der Waals surface area contributed by atoms with Crippen molar-refractivity contribution in [2.45, 2.75) is 19.9 Å². The Morgan fingerprint density at radius 3 is 2.56 bits per heavy atom. The van der Waals surface area contributed by atoms with Crippen molar-refractivity contribution in [3.8, 4) is 11.6 Å². The lowest BCUT2D eigenvalue weighted by atomic mass is 10.0. The molecule has 1 aliphatic rings. The number of hydrogen-bond donors (Lipinski definition) is 1. The first kappa shape index (κ1) is 22.0. The number of ether oxygens (including phenoxy) is 2. The second-order valence-electron chi connectivity index (χ2n) is 7.96. The fourth-order valence-corrected chi connectivity index (χ4v) is 4.29. The molecule has 0 spiro atoms. The van der Waals surface area contributed by atoms with Gasteiger partial charge in [0.2, 0.25) is 0 Å². The van der Waals surface area contributed by atoms with E-state index >= 15 is 0 Å². The second-order valence-corrected chi connectivity index (χ2v) is 7.96. The van der Waals surface area contributed by atoms with Crippen LogP contribution in [0.25, 0.3) is 5.82 Å². The maximum Gasteiger partial charge on any atom is 0.253 e. The lowest BCUT2D eigenvalue weighted by Crippen LogP contribution is -2.43. The zero-order chi connectivity index (χ0) is 22.5. The van der Waals surface area contributed by atoms with Crippen molar-refractivity contribution >= 4 is 5.91 Å². The molecule has 1 fully saturated rings. The second kappa shape index (κ2) is 9.97. The molecule has 7 nitrogen and oxygen atoms in total. The monoisotopic (exact) mass is 434 g/mol. The number of benzene rings is 1. The van der Waals surface area contributed by atoms with E-state index in [4.69, 9.17) is 9.47 Å². The molecule has 1 saturated heterocycles. The minimum Gasteiger partial charge on any atom is -0.497 e. The molecule has 4 rings (SSSR count). The quantitative estimate of drug-likeness (QED) is 0.618. The van der Waals surface area contributed by atoms with Crippen molar-refractivity contribution in [3.63, 3.8) is 0 Å². The Morgan fingerprint density at radius 1 is 1.16 bits per heavy atom. The van der Waals surface area contributed by atoms with E-state index in [1.807, 2.05) is 54.8 Å². The van der Waals surface area contributed by atoms with Gasteiger partial charge in [0.1, 0.15) is 11.6 Å². The fraction of sp³-hybridized carbons (Fsp3) is 0.360. The van der Waals surface area contributed by atoms with Gasteiger partial charge < -0.3 is 19.4 Å². The molecule has 2 aromatic heterocycles. The largest absolute Gasteiger partial charge is 0.497 e. The molecular formula is C25H30N4O3. The van der Waals surface area contributed by atoms with Crippen molar-refractivity contribution in [1.82, 2.24) is 19.8 Å².